The van der Waals surface area contributed by atoms with E-state index in [2.05, 4.69) is 28.1 Å². The third-order valence-corrected chi connectivity index (χ3v) is 5.71. The molecule has 0 saturated heterocycles. The summed E-state index contributed by atoms with van der Waals surface area (Å²) in [5.74, 6) is 1.53. The Morgan fingerprint density at radius 3 is 2.74 bits per heavy atom. The van der Waals surface area contributed by atoms with Crippen LogP contribution in [0.2, 0.25) is 0 Å². The second-order valence-corrected chi connectivity index (χ2v) is 7.27. The summed E-state index contributed by atoms with van der Waals surface area (Å²) in [5.41, 5.74) is 0.889. The molecule has 23 heavy (non-hydrogen) atoms. The molecule has 120 valence electrons. The van der Waals surface area contributed by atoms with Gasteiger partial charge >= 0.3 is 0 Å². The van der Waals surface area contributed by atoms with E-state index in [1.165, 1.54) is 17.7 Å². The SMILES string of the molecule is S=C(Nc1ccc2c(c1)OCO2)NC1(c2cccs2)CCCC1. The number of nitrogens with one attached hydrogen (secondary N) is 2. The summed E-state index contributed by atoms with van der Waals surface area (Å²) < 4.78 is 10.7. The third-order valence-electron chi connectivity index (χ3n) is 4.43. The van der Waals surface area contributed by atoms with Gasteiger partial charge in [-0.1, -0.05) is 18.9 Å². The zero-order chi connectivity index (χ0) is 15.7. The smallest absolute Gasteiger partial charge is 0.231 e. The number of anilines is 1. The predicted octanol–water partition coefficient (Wildman–Crippen LogP) is 4.23. The maximum absolute atomic E-state index is 5.56. The van der Waals surface area contributed by atoms with E-state index in [9.17, 15) is 0 Å². The molecule has 0 spiro atoms. The molecule has 2 aromatic rings. The fourth-order valence-corrected chi connectivity index (χ4v) is 4.57. The first kappa shape index (κ1) is 14.8. The Morgan fingerprint density at radius 1 is 1.13 bits per heavy atom. The van der Waals surface area contributed by atoms with E-state index in [4.69, 9.17) is 21.7 Å². The molecule has 4 rings (SSSR count). The first-order valence-electron chi connectivity index (χ1n) is 7.78. The van der Waals surface area contributed by atoms with Crippen LogP contribution in [0.1, 0.15) is 30.6 Å². The Labute approximate surface area is 144 Å². The van der Waals surface area contributed by atoms with Gasteiger partial charge in [-0.2, -0.15) is 0 Å². The van der Waals surface area contributed by atoms with Gasteiger partial charge < -0.3 is 20.1 Å². The summed E-state index contributed by atoms with van der Waals surface area (Å²) in [6.07, 6.45) is 4.71. The Hall–Kier alpha value is -1.79. The summed E-state index contributed by atoms with van der Waals surface area (Å²) in [4.78, 5) is 1.37. The highest BCUT2D eigenvalue weighted by atomic mass is 32.1. The van der Waals surface area contributed by atoms with Crippen molar-refractivity contribution in [1.82, 2.24) is 5.32 Å². The number of hydrogen-bond acceptors (Lipinski definition) is 4. The van der Waals surface area contributed by atoms with Crippen LogP contribution in [0.3, 0.4) is 0 Å². The van der Waals surface area contributed by atoms with Crippen molar-refractivity contribution >= 4 is 34.4 Å². The Bertz CT molecular complexity index is 709. The predicted molar refractivity (Wildman–Crippen MR) is 96.4 cm³/mol. The summed E-state index contributed by atoms with van der Waals surface area (Å²) >= 11 is 7.35. The van der Waals surface area contributed by atoms with Crippen LogP contribution in [0.4, 0.5) is 5.69 Å². The molecule has 2 N–H and O–H groups in total. The average molecular weight is 346 g/mol. The van der Waals surface area contributed by atoms with Gasteiger partial charge in [0.05, 0.1) is 5.54 Å². The summed E-state index contributed by atoms with van der Waals surface area (Å²) in [5, 5.41) is 9.63. The molecular weight excluding hydrogens is 328 g/mol. The molecule has 0 bridgehead atoms. The first-order valence-corrected chi connectivity index (χ1v) is 9.07. The maximum Gasteiger partial charge on any atom is 0.231 e. The lowest BCUT2D eigenvalue weighted by atomic mass is 9.96. The number of thiocarbonyl (C=S) groups is 1. The molecule has 1 saturated carbocycles. The van der Waals surface area contributed by atoms with Gasteiger partial charge in [0.1, 0.15) is 0 Å². The molecule has 1 aliphatic carbocycles. The highest BCUT2D eigenvalue weighted by molar-refractivity contribution is 7.80. The number of ether oxygens (including phenoxy) is 2. The van der Waals surface area contributed by atoms with Gasteiger partial charge in [-0.25, -0.2) is 0 Å². The Balaban J connectivity index is 1.49. The average Bonchev–Trinajstić information content (AvgIpc) is 3.28. The molecule has 1 aromatic heterocycles. The van der Waals surface area contributed by atoms with Crippen molar-refractivity contribution in [2.24, 2.45) is 0 Å². The minimum Gasteiger partial charge on any atom is -0.454 e. The standard InChI is InChI=1S/C17H18N2O2S2/c22-16(18-12-5-6-13-14(10-12)21-11-20-13)19-17(7-1-2-8-17)15-4-3-9-23-15/h3-6,9-10H,1-2,7-8,11H2,(H2,18,19,22). The molecule has 2 heterocycles. The van der Waals surface area contributed by atoms with Crippen molar-refractivity contribution in [3.05, 3.63) is 40.6 Å². The van der Waals surface area contributed by atoms with Crippen molar-refractivity contribution in [1.29, 1.82) is 0 Å². The van der Waals surface area contributed by atoms with Crippen molar-refractivity contribution in [2.45, 2.75) is 31.2 Å². The molecule has 2 aliphatic rings. The molecule has 6 heteroatoms. The second kappa shape index (κ2) is 6.02. The van der Waals surface area contributed by atoms with Crippen LogP contribution >= 0.6 is 23.6 Å². The van der Waals surface area contributed by atoms with Crippen molar-refractivity contribution in [3.8, 4) is 11.5 Å². The lowest BCUT2D eigenvalue weighted by Gasteiger charge is -2.31. The molecule has 1 aromatic carbocycles. The van der Waals surface area contributed by atoms with Crippen LogP contribution in [-0.4, -0.2) is 11.9 Å². The van der Waals surface area contributed by atoms with Gasteiger partial charge in [-0.05, 0) is 48.6 Å². The highest BCUT2D eigenvalue weighted by Gasteiger charge is 2.37. The molecule has 4 nitrogen and oxygen atoms in total. The van der Waals surface area contributed by atoms with Gasteiger partial charge in [0.2, 0.25) is 6.79 Å². The molecule has 1 aliphatic heterocycles. The molecule has 0 amide bonds. The second-order valence-electron chi connectivity index (χ2n) is 5.91. The van der Waals surface area contributed by atoms with Gasteiger partial charge in [0.15, 0.2) is 16.6 Å². The number of thiophene rings is 1. The van der Waals surface area contributed by atoms with Crippen molar-refractivity contribution < 1.29 is 9.47 Å². The normalized spacial score (nSPS) is 17.9. The van der Waals surface area contributed by atoms with E-state index >= 15 is 0 Å². The third kappa shape index (κ3) is 2.88. The quantitative estimate of drug-likeness (QED) is 0.814. The number of fused-ring (bicyclic) bond motifs is 1. The van der Waals surface area contributed by atoms with Gasteiger partial charge in [-0.3, -0.25) is 0 Å². The van der Waals surface area contributed by atoms with E-state index in [0.29, 0.717) is 5.11 Å². The van der Waals surface area contributed by atoms with E-state index in [1.807, 2.05) is 18.2 Å². The van der Waals surface area contributed by atoms with Gasteiger partial charge in [-0.15, -0.1) is 11.3 Å². The fraction of sp³-hybridized carbons (Fsp3) is 0.353. The van der Waals surface area contributed by atoms with Crippen molar-refractivity contribution in [3.63, 3.8) is 0 Å². The van der Waals surface area contributed by atoms with Crippen LogP contribution in [0.15, 0.2) is 35.7 Å². The van der Waals surface area contributed by atoms with E-state index < -0.39 is 0 Å². The lowest BCUT2D eigenvalue weighted by Crippen LogP contribution is -2.45. The van der Waals surface area contributed by atoms with Crippen LogP contribution in [0.5, 0.6) is 11.5 Å². The summed E-state index contributed by atoms with van der Waals surface area (Å²) in [6, 6.07) is 10.1. The molecular formula is C17H18N2O2S2. The molecule has 1 fully saturated rings. The fourth-order valence-electron chi connectivity index (χ4n) is 3.32. The number of benzene rings is 1. The molecule has 0 atom stereocenters. The summed E-state index contributed by atoms with van der Waals surface area (Å²) in [7, 11) is 0. The van der Waals surface area contributed by atoms with E-state index in [0.717, 1.165) is 30.0 Å². The topological polar surface area (TPSA) is 42.5 Å². The minimum absolute atomic E-state index is 0.0193. The number of rotatable bonds is 3. The summed E-state index contributed by atoms with van der Waals surface area (Å²) in [6.45, 7) is 0.281. The van der Waals surface area contributed by atoms with E-state index in [1.54, 1.807) is 11.3 Å². The zero-order valence-electron chi connectivity index (χ0n) is 12.6. The Morgan fingerprint density at radius 2 is 1.96 bits per heavy atom. The number of hydrogen-bond donors (Lipinski definition) is 2. The maximum atomic E-state index is 5.56. The minimum atomic E-state index is -0.0193. The monoisotopic (exact) mass is 346 g/mol. The van der Waals surface area contributed by atoms with Crippen molar-refractivity contribution in [2.75, 3.05) is 12.1 Å². The first-order chi connectivity index (χ1) is 11.3. The van der Waals surface area contributed by atoms with Gasteiger partial charge in [0.25, 0.3) is 0 Å². The van der Waals surface area contributed by atoms with Crippen LogP contribution in [0.25, 0.3) is 0 Å². The van der Waals surface area contributed by atoms with Gasteiger partial charge in [0, 0.05) is 16.6 Å². The van der Waals surface area contributed by atoms with Crippen LogP contribution in [-0.2, 0) is 5.54 Å². The largest absolute Gasteiger partial charge is 0.454 e. The molecule has 0 radical (unpaired) electrons. The van der Waals surface area contributed by atoms with Crippen LogP contribution in [0, 0.1) is 0 Å². The van der Waals surface area contributed by atoms with Crippen LogP contribution < -0.4 is 20.1 Å². The Kier molecular flexibility index (Phi) is 3.87. The zero-order valence-corrected chi connectivity index (χ0v) is 14.3. The van der Waals surface area contributed by atoms with E-state index in [-0.39, 0.29) is 12.3 Å². The molecule has 0 unspecified atom stereocenters. The highest BCUT2D eigenvalue weighted by Crippen LogP contribution is 2.41. The lowest BCUT2D eigenvalue weighted by molar-refractivity contribution is 0.174.